The summed E-state index contributed by atoms with van der Waals surface area (Å²) in [7, 11) is -4.03. The molecule has 0 radical (unpaired) electrons. The van der Waals surface area contributed by atoms with Gasteiger partial charge in [0.05, 0.1) is 4.90 Å². The first-order chi connectivity index (χ1) is 10.7. The lowest BCUT2D eigenvalue weighted by atomic mass is 10.2. The molecule has 0 unspecified atom stereocenters. The summed E-state index contributed by atoms with van der Waals surface area (Å²) in [5, 5.41) is 17.4. The van der Waals surface area contributed by atoms with Crippen molar-refractivity contribution in [2.75, 3.05) is 0 Å². The first-order valence-corrected chi connectivity index (χ1v) is 7.47. The molecule has 2 N–H and O–H groups in total. The third kappa shape index (κ3) is 3.46. The van der Waals surface area contributed by atoms with E-state index in [0.29, 0.717) is 6.08 Å². The molecule has 1 heterocycles. The third-order valence-electron chi connectivity index (χ3n) is 2.74. The number of ketones is 1. The first-order valence-electron chi connectivity index (χ1n) is 5.99. The summed E-state index contributed by atoms with van der Waals surface area (Å²) in [5.41, 5.74) is 0. The van der Waals surface area contributed by atoms with Crippen molar-refractivity contribution in [1.29, 1.82) is 0 Å². The van der Waals surface area contributed by atoms with Gasteiger partial charge in [0.25, 0.3) is 0 Å². The molecule has 0 amide bonds. The van der Waals surface area contributed by atoms with E-state index in [9.17, 15) is 22.4 Å². The van der Waals surface area contributed by atoms with Crippen LogP contribution >= 0.6 is 0 Å². The SMILES string of the molecule is O=C(O)C(O)=CC(=O)c1cc(S(=O)(=O)c2ccc(F)cc2)co1. The van der Waals surface area contributed by atoms with Crippen LogP contribution in [-0.4, -0.2) is 30.4 Å². The number of carboxylic acids is 1. The highest BCUT2D eigenvalue weighted by molar-refractivity contribution is 7.91. The third-order valence-corrected chi connectivity index (χ3v) is 4.47. The number of carbonyl (C=O) groups excluding carboxylic acids is 1. The zero-order valence-corrected chi connectivity index (χ0v) is 12.1. The average molecular weight is 340 g/mol. The average Bonchev–Trinajstić information content (AvgIpc) is 2.98. The molecule has 0 fully saturated rings. The molecule has 23 heavy (non-hydrogen) atoms. The van der Waals surface area contributed by atoms with E-state index in [1.165, 1.54) is 0 Å². The van der Waals surface area contributed by atoms with Crippen LogP contribution in [0.15, 0.2) is 62.6 Å². The zero-order valence-electron chi connectivity index (χ0n) is 11.3. The second-order valence-corrected chi connectivity index (χ2v) is 6.25. The molecule has 2 aromatic rings. The van der Waals surface area contributed by atoms with E-state index in [1.807, 2.05) is 0 Å². The number of sulfone groups is 1. The Bertz CT molecular complexity index is 891. The van der Waals surface area contributed by atoms with E-state index in [4.69, 9.17) is 14.6 Å². The zero-order chi connectivity index (χ0) is 17.2. The Morgan fingerprint density at radius 1 is 1.09 bits per heavy atom. The summed E-state index contributed by atoms with van der Waals surface area (Å²) in [6.07, 6.45) is 1.17. The summed E-state index contributed by atoms with van der Waals surface area (Å²) in [6.45, 7) is 0. The molecule has 0 saturated carbocycles. The second-order valence-electron chi connectivity index (χ2n) is 4.30. The van der Waals surface area contributed by atoms with Crippen LogP contribution in [0.25, 0.3) is 0 Å². The van der Waals surface area contributed by atoms with Crippen LogP contribution in [-0.2, 0) is 14.6 Å². The fourth-order valence-corrected chi connectivity index (χ4v) is 2.80. The Labute approximate surface area is 129 Å². The van der Waals surface area contributed by atoms with Crippen LogP contribution in [0.2, 0.25) is 0 Å². The number of rotatable bonds is 5. The van der Waals surface area contributed by atoms with Gasteiger partial charge in [-0.2, -0.15) is 0 Å². The Hall–Kier alpha value is -2.94. The van der Waals surface area contributed by atoms with Crippen molar-refractivity contribution >= 4 is 21.6 Å². The minimum absolute atomic E-state index is 0.206. The highest BCUT2D eigenvalue weighted by Gasteiger charge is 2.22. The van der Waals surface area contributed by atoms with E-state index in [0.717, 1.165) is 36.6 Å². The van der Waals surface area contributed by atoms with Gasteiger partial charge in [-0.1, -0.05) is 0 Å². The van der Waals surface area contributed by atoms with Gasteiger partial charge in [0.2, 0.25) is 21.4 Å². The van der Waals surface area contributed by atoms with Crippen molar-refractivity contribution in [2.45, 2.75) is 9.79 Å². The first kappa shape index (κ1) is 16.4. The number of allylic oxidation sites excluding steroid dienone is 1. The Balaban J connectivity index is 2.35. The summed E-state index contributed by atoms with van der Waals surface area (Å²) in [5.74, 6) is -5.04. The van der Waals surface area contributed by atoms with Crippen molar-refractivity contribution in [3.05, 3.63) is 60.0 Å². The van der Waals surface area contributed by atoms with Crippen LogP contribution < -0.4 is 0 Å². The second kappa shape index (κ2) is 6.05. The van der Waals surface area contributed by atoms with Gasteiger partial charge in [0, 0.05) is 12.1 Å². The van der Waals surface area contributed by atoms with Crippen molar-refractivity contribution in [1.82, 2.24) is 0 Å². The normalized spacial score (nSPS) is 12.1. The number of carbonyl (C=O) groups is 2. The van der Waals surface area contributed by atoms with Gasteiger partial charge >= 0.3 is 5.97 Å². The molecule has 1 aromatic heterocycles. The number of halogens is 1. The predicted molar refractivity (Wildman–Crippen MR) is 73.2 cm³/mol. The summed E-state index contributed by atoms with van der Waals surface area (Å²) >= 11 is 0. The van der Waals surface area contributed by atoms with Gasteiger partial charge in [-0.15, -0.1) is 0 Å². The van der Waals surface area contributed by atoms with Crippen molar-refractivity contribution in [3.63, 3.8) is 0 Å². The lowest BCUT2D eigenvalue weighted by molar-refractivity contribution is -0.135. The molecule has 9 heteroatoms. The smallest absolute Gasteiger partial charge is 0.371 e. The maximum Gasteiger partial charge on any atom is 0.371 e. The molecular formula is C14H9FO7S. The summed E-state index contributed by atoms with van der Waals surface area (Å²) in [4.78, 5) is 21.5. The van der Waals surface area contributed by atoms with Gasteiger partial charge in [-0.25, -0.2) is 17.6 Å². The van der Waals surface area contributed by atoms with Gasteiger partial charge in [-0.05, 0) is 24.3 Å². The number of aliphatic hydroxyl groups excluding tert-OH is 1. The Morgan fingerprint density at radius 3 is 2.26 bits per heavy atom. The summed E-state index contributed by atoms with van der Waals surface area (Å²) < 4.78 is 42.1. The maximum atomic E-state index is 12.8. The molecular weight excluding hydrogens is 331 g/mol. The van der Waals surface area contributed by atoms with E-state index in [2.05, 4.69) is 0 Å². The molecule has 0 bridgehead atoms. The highest BCUT2D eigenvalue weighted by Crippen LogP contribution is 2.23. The topological polar surface area (TPSA) is 122 Å². The molecule has 1 aromatic carbocycles. The molecule has 2 rings (SSSR count). The standard InChI is InChI=1S/C14H9FO7S/c15-8-1-3-9(4-2-8)23(20,21)10-5-13(22-7-10)11(16)6-12(17)14(18)19/h1-7,17H,(H,18,19). The number of aliphatic hydroxyl groups is 1. The molecule has 0 aliphatic rings. The lowest BCUT2D eigenvalue weighted by Crippen LogP contribution is -2.03. The monoisotopic (exact) mass is 340 g/mol. The van der Waals surface area contributed by atoms with Crippen LogP contribution in [0.1, 0.15) is 10.6 Å². The van der Waals surface area contributed by atoms with Crippen LogP contribution in [0.5, 0.6) is 0 Å². The largest absolute Gasteiger partial charge is 0.502 e. The van der Waals surface area contributed by atoms with E-state index in [-0.39, 0.29) is 9.79 Å². The lowest BCUT2D eigenvalue weighted by Gasteiger charge is -2.00. The summed E-state index contributed by atoms with van der Waals surface area (Å²) in [6, 6.07) is 4.91. The van der Waals surface area contributed by atoms with Crippen LogP contribution in [0.4, 0.5) is 4.39 Å². The van der Waals surface area contributed by atoms with Gasteiger partial charge in [0.1, 0.15) is 17.0 Å². The van der Waals surface area contributed by atoms with E-state index >= 15 is 0 Å². The Kier molecular flexibility index (Phi) is 4.32. The number of aliphatic carboxylic acids is 1. The van der Waals surface area contributed by atoms with Gasteiger partial charge in [-0.3, -0.25) is 4.79 Å². The van der Waals surface area contributed by atoms with Crippen molar-refractivity contribution < 1.29 is 37.0 Å². The van der Waals surface area contributed by atoms with E-state index < -0.39 is 38.9 Å². The van der Waals surface area contributed by atoms with Crippen molar-refractivity contribution in [2.24, 2.45) is 0 Å². The van der Waals surface area contributed by atoms with Gasteiger partial charge in [0.15, 0.2) is 5.76 Å². The number of carboxylic acid groups (broad SMARTS) is 1. The number of hydrogen-bond donors (Lipinski definition) is 2. The van der Waals surface area contributed by atoms with Crippen LogP contribution in [0.3, 0.4) is 0 Å². The molecule has 0 saturated heterocycles. The molecule has 0 aliphatic heterocycles. The molecule has 0 aliphatic carbocycles. The highest BCUT2D eigenvalue weighted by atomic mass is 32.2. The minimum atomic E-state index is -4.03. The Morgan fingerprint density at radius 2 is 1.70 bits per heavy atom. The van der Waals surface area contributed by atoms with Crippen LogP contribution in [0, 0.1) is 5.82 Å². The fourth-order valence-electron chi connectivity index (χ4n) is 1.60. The number of furan rings is 1. The van der Waals surface area contributed by atoms with Crippen molar-refractivity contribution in [3.8, 4) is 0 Å². The van der Waals surface area contributed by atoms with E-state index in [1.54, 1.807) is 0 Å². The molecule has 7 nitrogen and oxygen atoms in total. The van der Waals surface area contributed by atoms with Gasteiger partial charge < -0.3 is 14.6 Å². The fraction of sp³-hybridized carbons (Fsp3) is 0. The predicted octanol–water partition coefficient (Wildman–Crippen LogP) is 1.96. The number of hydrogen-bond acceptors (Lipinski definition) is 6. The molecule has 0 atom stereocenters. The maximum absolute atomic E-state index is 12.8. The minimum Gasteiger partial charge on any atom is -0.502 e. The quantitative estimate of drug-likeness (QED) is 0.369. The number of benzene rings is 1. The molecule has 120 valence electrons. The molecule has 0 spiro atoms.